The van der Waals surface area contributed by atoms with E-state index in [-0.39, 0.29) is 17.9 Å². The molecule has 0 radical (unpaired) electrons. The van der Waals surface area contributed by atoms with Crippen LogP contribution in [0.5, 0.6) is 0 Å². The van der Waals surface area contributed by atoms with Crippen LogP contribution in [0.2, 0.25) is 0 Å². The van der Waals surface area contributed by atoms with Gasteiger partial charge in [0.25, 0.3) is 0 Å². The van der Waals surface area contributed by atoms with Crippen LogP contribution >= 0.6 is 0 Å². The fourth-order valence-electron chi connectivity index (χ4n) is 3.17. The number of nitrogens with zero attached hydrogens (tertiary/aromatic N) is 1. The molecule has 0 saturated carbocycles. The summed E-state index contributed by atoms with van der Waals surface area (Å²) >= 11 is 0. The second-order valence-electron chi connectivity index (χ2n) is 6.62. The second kappa shape index (κ2) is 8.52. The van der Waals surface area contributed by atoms with Crippen molar-refractivity contribution in [2.75, 3.05) is 13.1 Å². The lowest BCUT2D eigenvalue weighted by molar-refractivity contribution is -0.130. The minimum absolute atomic E-state index is 0.00354. The maximum Gasteiger partial charge on any atom is 0.244 e. The van der Waals surface area contributed by atoms with E-state index in [1.165, 1.54) is 5.56 Å². The number of nitrogens with one attached hydrogen (secondary N) is 1. The summed E-state index contributed by atoms with van der Waals surface area (Å²) in [5.74, 6) is 0.680. The first-order valence-corrected chi connectivity index (χ1v) is 8.96. The molecule has 0 bridgehead atoms. The van der Waals surface area contributed by atoms with E-state index in [9.17, 15) is 9.59 Å². The van der Waals surface area contributed by atoms with Crippen LogP contribution in [0.25, 0.3) is 5.57 Å². The maximum absolute atomic E-state index is 12.4. The van der Waals surface area contributed by atoms with Crippen molar-refractivity contribution in [3.63, 3.8) is 0 Å². The molecule has 1 saturated heterocycles. The van der Waals surface area contributed by atoms with E-state index < -0.39 is 0 Å². The smallest absolute Gasteiger partial charge is 0.244 e. The van der Waals surface area contributed by atoms with Gasteiger partial charge in [0.1, 0.15) is 5.76 Å². The van der Waals surface area contributed by atoms with Gasteiger partial charge >= 0.3 is 0 Å². The number of carbonyl (C=O) groups is 2. The van der Waals surface area contributed by atoms with E-state index in [1.54, 1.807) is 18.4 Å². The summed E-state index contributed by atoms with van der Waals surface area (Å²) in [6.07, 6.45) is 5.16. The summed E-state index contributed by atoms with van der Waals surface area (Å²) in [6.45, 7) is 3.11. The molecule has 2 aromatic rings. The number of rotatable bonds is 6. The first-order chi connectivity index (χ1) is 12.6. The van der Waals surface area contributed by atoms with Gasteiger partial charge in [0.15, 0.2) is 0 Å². The Kier molecular flexibility index (Phi) is 5.89. The first kappa shape index (κ1) is 18.0. The Balaban J connectivity index is 1.45. The molecule has 2 heterocycles. The molecular formula is C21H24N2O3. The molecule has 3 rings (SSSR count). The van der Waals surface area contributed by atoms with Crippen molar-refractivity contribution in [3.05, 3.63) is 66.1 Å². The van der Waals surface area contributed by atoms with E-state index in [4.69, 9.17) is 4.42 Å². The number of benzene rings is 1. The summed E-state index contributed by atoms with van der Waals surface area (Å²) in [6, 6.07) is 13.6. The molecule has 1 atom stereocenters. The number of hydrogen-bond acceptors (Lipinski definition) is 3. The van der Waals surface area contributed by atoms with Crippen molar-refractivity contribution < 1.29 is 14.0 Å². The predicted octanol–water partition coefficient (Wildman–Crippen LogP) is 3.03. The molecule has 1 unspecified atom stereocenters. The highest BCUT2D eigenvalue weighted by molar-refractivity contribution is 5.94. The van der Waals surface area contributed by atoms with Crippen LogP contribution < -0.4 is 5.32 Å². The number of likely N-dealkylation sites (tertiary alicyclic amines) is 1. The standard InChI is InChI=1S/C21H24N2O3/c1-16(19-8-5-13-26-19)14-20(24)22-18-11-12-23(15-18)21(25)10-9-17-6-3-2-4-7-17/h2-8,13-14,18H,9-12,15H2,1H3,(H,22,24)/b16-14+. The Hall–Kier alpha value is -2.82. The minimum Gasteiger partial charge on any atom is -0.465 e. The largest absolute Gasteiger partial charge is 0.465 e. The fraction of sp³-hybridized carbons (Fsp3) is 0.333. The molecule has 1 N–H and O–H groups in total. The third-order valence-electron chi connectivity index (χ3n) is 4.62. The molecule has 5 nitrogen and oxygen atoms in total. The zero-order valence-corrected chi connectivity index (χ0v) is 15.0. The Morgan fingerprint density at radius 3 is 2.77 bits per heavy atom. The van der Waals surface area contributed by atoms with Crippen molar-refractivity contribution in [2.45, 2.75) is 32.2 Å². The van der Waals surface area contributed by atoms with Gasteiger partial charge in [-0.1, -0.05) is 30.3 Å². The Morgan fingerprint density at radius 2 is 2.04 bits per heavy atom. The highest BCUT2D eigenvalue weighted by Gasteiger charge is 2.26. The zero-order chi connectivity index (χ0) is 18.4. The Morgan fingerprint density at radius 1 is 1.23 bits per heavy atom. The zero-order valence-electron chi connectivity index (χ0n) is 15.0. The summed E-state index contributed by atoms with van der Waals surface area (Å²) < 4.78 is 5.28. The highest BCUT2D eigenvalue weighted by Crippen LogP contribution is 2.15. The molecule has 26 heavy (non-hydrogen) atoms. The predicted molar refractivity (Wildman–Crippen MR) is 100 cm³/mol. The van der Waals surface area contributed by atoms with Crippen molar-refractivity contribution >= 4 is 17.4 Å². The average molecular weight is 352 g/mol. The molecule has 0 aliphatic carbocycles. The van der Waals surface area contributed by atoms with E-state index in [0.29, 0.717) is 25.3 Å². The lowest BCUT2D eigenvalue weighted by Gasteiger charge is -2.17. The summed E-state index contributed by atoms with van der Waals surface area (Å²) in [5, 5.41) is 2.98. The van der Waals surface area contributed by atoms with Crippen molar-refractivity contribution in [2.24, 2.45) is 0 Å². The third-order valence-corrected chi connectivity index (χ3v) is 4.62. The van der Waals surface area contributed by atoms with Crippen LogP contribution in [0, 0.1) is 0 Å². The molecule has 1 fully saturated rings. The van der Waals surface area contributed by atoms with Crippen LogP contribution in [0.4, 0.5) is 0 Å². The van der Waals surface area contributed by atoms with Crippen LogP contribution in [0.3, 0.4) is 0 Å². The molecule has 1 aliphatic heterocycles. The molecule has 0 spiro atoms. The monoisotopic (exact) mass is 352 g/mol. The number of furan rings is 1. The van der Waals surface area contributed by atoms with E-state index in [2.05, 4.69) is 5.32 Å². The normalized spacial score (nSPS) is 17.3. The lowest BCUT2D eigenvalue weighted by atomic mass is 10.1. The third kappa shape index (κ3) is 4.85. The van der Waals surface area contributed by atoms with Crippen LogP contribution in [-0.2, 0) is 16.0 Å². The summed E-state index contributed by atoms with van der Waals surface area (Å²) in [5.41, 5.74) is 1.95. The molecular weight excluding hydrogens is 328 g/mol. The molecule has 1 aliphatic rings. The van der Waals surface area contributed by atoms with Gasteiger partial charge in [-0.2, -0.15) is 0 Å². The fourth-order valence-corrected chi connectivity index (χ4v) is 3.17. The van der Waals surface area contributed by atoms with Gasteiger partial charge in [-0.25, -0.2) is 0 Å². The van der Waals surface area contributed by atoms with Crippen LogP contribution in [0.15, 0.2) is 59.2 Å². The Bertz CT molecular complexity index is 766. The highest BCUT2D eigenvalue weighted by atomic mass is 16.3. The van der Waals surface area contributed by atoms with Crippen molar-refractivity contribution in [1.29, 1.82) is 0 Å². The Labute approximate surface area is 153 Å². The number of amides is 2. The summed E-state index contributed by atoms with van der Waals surface area (Å²) in [4.78, 5) is 26.4. The van der Waals surface area contributed by atoms with Gasteiger partial charge in [-0.15, -0.1) is 0 Å². The van der Waals surface area contributed by atoms with Gasteiger partial charge in [0.05, 0.1) is 6.26 Å². The quantitative estimate of drug-likeness (QED) is 0.813. The van der Waals surface area contributed by atoms with Crippen LogP contribution in [0.1, 0.15) is 31.1 Å². The minimum atomic E-state index is -0.150. The van der Waals surface area contributed by atoms with Gasteiger partial charge in [0.2, 0.25) is 11.8 Å². The topological polar surface area (TPSA) is 62.6 Å². The SMILES string of the molecule is C/C(=C\C(=O)NC1CCN(C(=O)CCc2ccccc2)C1)c1ccco1. The maximum atomic E-state index is 12.4. The average Bonchev–Trinajstić information content (AvgIpc) is 3.32. The molecule has 136 valence electrons. The van der Waals surface area contributed by atoms with Gasteiger partial charge in [0, 0.05) is 31.6 Å². The second-order valence-corrected chi connectivity index (χ2v) is 6.62. The summed E-state index contributed by atoms with van der Waals surface area (Å²) in [7, 11) is 0. The van der Waals surface area contributed by atoms with Gasteiger partial charge in [-0.3, -0.25) is 9.59 Å². The lowest BCUT2D eigenvalue weighted by Crippen LogP contribution is -2.37. The number of carbonyl (C=O) groups excluding carboxylic acids is 2. The molecule has 1 aromatic carbocycles. The molecule has 2 amide bonds. The first-order valence-electron chi connectivity index (χ1n) is 8.96. The van der Waals surface area contributed by atoms with Crippen LogP contribution in [-0.4, -0.2) is 35.8 Å². The number of hydrogen-bond donors (Lipinski definition) is 1. The van der Waals surface area contributed by atoms with Crippen molar-refractivity contribution in [3.8, 4) is 0 Å². The van der Waals surface area contributed by atoms with E-state index >= 15 is 0 Å². The van der Waals surface area contributed by atoms with Crippen molar-refractivity contribution in [1.82, 2.24) is 10.2 Å². The number of aryl methyl sites for hydroxylation is 1. The van der Waals surface area contributed by atoms with Gasteiger partial charge < -0.3 is 14.6 Å². The molecule has 1 aromatic heterocycles. The molecule has 5 heteroatoms. The van der Waals surface area contributed by atoms with E-state index in [0.717, 1.165) is 18.4 Å². The number of allylic oxidation sites excluding steroid dienone is 1. The van der Waals surface area contributed by atoms with E-state index in [1.807, 2.05) is 48.2 Å². The van der Waals surface area contributed by atoms with Gasteiger partial charge in [-0.05, 0) is 43.0 Å².